The van der Waals surface area contributed by atoms with Gasteiger partial charge < -0.3 is 10.0 Å². The zero-order valence-electron chi connectivity index (χ0n) is 19.0. The molecular formula is C25H29F2NO5S. The second-order valence-corrected chi connectivity index (χ2v) is 12.0. The van der Waals surface area contributed by atoms with Gasteiger partial charge in [0, 0.05) is 31.3 Å². The van der Waals surface area contributed by atoms with E-state index in [0.29, 0.717) is 31.3 Å². The van der Waals surface area contributed by atoms with Gasteiger partial charge in [-0.3, -0.25) is 9.59 Å². The molecule has 1 aromatic rings. The Balaban J connectivity index is 1.63. The van der Waals surface area contributed by atoms with E-state index in [1.165, 1.54) is 12.1 Å². The summed E-state index contributed by atoms with van der Waals surface area (Å²) in [6.45, 7) is 1.76. The molecule has 1 saturated heterocycles. The van der Waals surface area contributed by atoms with Gasteiger partial charge >= 0.3 is 5.97 Å². The maximum Gasteiger partial charge on any atom is 0.306 e. The summed E-state index contributed by atoms with van der Waals surface area (Å²) in [5.41, 5.74) is 0.451. The van der Waals surface area contributed by atoms with Crippen LogP contribution in [0, 0.1) is 23.6 Å². The molecule has 2 atom stereocenters. The number of sulfone groups is 1. The van der Waals surface area contributed by atoms with Crippen molar-refractivity contribution in [2.45, 2.75) is 55.1 Å². The lowest BCUT2D eigenvalue weighted by Crippen LogP contribution is -2.49. The van der Waals surface area contributed by atoms with Gasteiger partial charge in [0.2, 0.25) is 5.91 Å². The predicted octanol–water partition coefficient (Wildman–Crippen LogP) is 4.28. The van der Waals surface area contributed by atoms with Crippen LogP contribution in [0.3, 0.4) is 0 Å². The smallest absolute Gasteiger partial charge is 0.306 e. The number of nitrogens with zero attached hydrogens (tertiary/aromatic N) is 1. The van der Waals surface area contributed by atoms with Crippen molar-refractivity contribution in [3.05, 3.63) is 53.6 Å². The second-order valence-electron chi connectivity index (χ2n) is 9.68. The van der Waals surface area contributed by atoms with Gasteiger partial charge in [-0.25, -0.2) is 17.2 Å². The van der Waals surface area contributed by atoms with Gasteiger partial charge in [-0.2, -0.15) is 0 Å². The summed E-state index contributed by atoms with van der Waals surface area (Å²) in [6.07, 6.45) is 5.10. The van der Waals surface area contributed by atoms with Crippen molar-refractivity contribution in [1.29, 1.82) is 0 Å². The number of likely N-dealkylation sites (tertiary alicyclic amines) is 1. The Morgan fingerprint density at radius 2 is 1.68 bits per heavy atom. The molecule has 2 fully saturated rings. The second kappa shape index (κ2) is 9.24. The number of hydrogen-bond acceptors (Lipinski definition) is 4. The highest BCUT2D eigenvalue weighted by atomic mass is 32.2. The van der Waals surface area contributed by atoms with Crippen LogP contribution >= 0.6 is 0 Å². The Labute approximate surface area is 198 Å². The standard InChI is InChI=1S/C25H29F2NO5S/c1-16-2-7-19(14-22(16)27)25(34(32,33)21-10-8-20(26)9-11-21)12-13-28(15-25)23(29)17-3-5-18(6-4-17)24(30)31/h2,7-11,17-19H,3-6,12-15H2,1H3,(H,30,31)/t17?,18?,19?,25-/m0/s1. The van der Waals surface area contributed by atoms with Crippen molar-refractivity contribution in [3.8, 4) is 0 Å². The largest absolute Gasteiger partial charge is 0.481 e. The maximum atomic E-state index is 14.6. The number of hydrogen-bond donors (Lipinski definition) is 1. The first kappa shape index (κ1) is 24.6. The van der Waals surface area contributed by atoms with Crippen LogP contribution in [0.4, 0.5) is 8.78 Å². The number of rotatable bonds is 5. The van der Waals surface area contributed by atoms with Crippen molar-refractivity contribution in [2.24, 2.45) is 17.8 Å². The van der Waals surface area contributed by atoms with E-state index in [9.17, 15) is 31.9 Å². The molecule has 1 saturated carbocycles. The molecule has 0 aromatic heterocycles. The highest BCUT2D eigenvalue weighted by Gasteiger charge is 2.55. The van der Waals surface area contributed by atoms with E-state index < -0.39 is 38.2 Å². The quantitative estimate of drug-likeness (QED) is 0.618. The molecule has 0 spiro atoms. The van der Waals surface area contributed by atoms with Crippen LogP contribution in [0.2, 0.25) is 0 Å². The SMILES string of the molecule is CC1=C(F)CC([C@]2(S(=O)(=O)c3ccc(F)cc3)CCN(C(=O)C3CCC(C(=O)O)CC3)C2)C=C1. The minimum atomic E-state index is -4.05. The van der Waals surface area contributed by atoms with Crippen LogP contribution in [-0.2, 0) is 19.4 Å². The summed E-state index contributed by atoms with van der Waals surface area (Å²) in [4.78, 5) is 26.0. The van der Waals surface area contributed by atoms with E-state index in [-0.39, 0.29) is 48.5 Å². The molecule has 1 aromatic carbocycles. The molecule has 3 aliphatic rings. The number of carbonyl (C=O) groups excluding carboxylic acids is 1. The van der Waals surface area contributed by atoms with Crippen LogP contribution in [-0.4, -0.2) is 48.1 Å². The number of carboxylic acid groups (broad SMARTS) is 1. The van der Waals surface area contributed by atoms with Crippen LogP contribution in [0.1, 0.15) is 45.4 Å². The number of amides is 1. The Morgan fingerprint density at radius 1 is 1.06 bits per heavy atom. The summed E-state index contributed by atoms with van der Waals surface area (Å²) >= 11 is 0. The molecule has 9 heteroatoms. The first-order chi connectivity index (χ1) is 16.0. The summed E-state index contributed by atoms with van der Waals surface area (Å²) in [6, 6.07) is 4.60. The summed E-state index contributed by atoms with van der Waals surface area (Å²) in [5.74, 6) is -3.44. The average molecular weight is 494 g/mol. The Kier molecular flexibility index (Phi) is 6.68. The Bertz CT molecular complexity index is 1140. The first-order valence-electron chi connectivity index (χ1n) is 11.6. The van der Waals surface area contributed by atoms with Crippen LogP contribution in [0.5, 0.6) is 0 Å². The molecule has 2 aliphatic carbocycles. The minimum Gasteiger partial charge on any atom is -0.481 e. The highest BCUT2D eigenvalue weighted by Crippen LogP contribution is 2.46. The van der Waals surface area contributed by atoms with Gasteiger partial charge in [0.1, 0.15) is 16.4 Å². The fourth-order valence-corrected chi connectivity index (χ4v) is 7.75. The van der Waals surface area contributed by atoms with E-state index in [4.69, 9.17) is 0 Å². The zero-order valence-corrected chi connectivity index (χ0v) is 19.9. The topological polar surface area (TPSA) is 91.8 Å². The normalized spacial score (nSPS) is 30.0. The third-order valence-electron chi connectivity index (χ3n) is 7.74. The lowest BCUT2D eigenvalue weighted by atomic mass is 9.81. The summed E-state index contributed by atoms with van der Waals surface area (Å²) in [7, 11) is -4.05. The minimum absolute atomic E-state index is 0.0507. The Morgan fingerprint density at radius 3 is 2.26 bits per heavy atom. The number of carbonyl (C=O) groups is 2. The fraction of sp³-hybridized carbons (Fsp3) is 0.520. The third kappa shape index (κ3) is 4.30. The number of allylic oxidation sites excluding steroid dienone is 4. The summed E-state index contributed by atoms with van der Waals surface area (Å²) in [5, 5.41) is 9.22. The number of benzene rings is 1. The van der Waals surface area contributed by atoms with Crippen molar-refractivity contribution in [2.75, 3.05) is 13.1 Å². The van der Waals surface area contributed by atoms with Crippen molar-refractivity contribution in [1.82, 2.24) is 4.90 Å². The van der Waals surface area contributed by atoms with E-state index >= 15 is 0 Å². The molecule has 0 radical (unpaired) electrons. The van der Waals surface area contributed by atoms with Crippen LogP contribution in [0.15, 0.2) is 52.7 Å². The first-order valence-corrected chi connectivity index (χ1v) is 13.1. The number of aliphatic carboxylic acids is 1. The molecule has 6 nitrogen and oxygen atoms in total. The molecule has 1 heterocycles. The molecule has 184 valence electrons. The van der Waals surface area contributed by atoms with Gasteiger partial charge in [-0.05, 0) is 68.9 Å². The highest BCUT2D eigenvalue weighted by molar-refractivity contribution is 7.93. The fourth-order valence-electron chi connectivity index (χ4n) is 5.54. The third-order valence-corrected chi connectivity index (χ3v) is 10.3. The molecule has 1 amide bonds. The molecule has 1 unspecified atom stereocenters. The van der Waals surface area contributed by atoms with Gasteiger partial charge in [0.05, 0.1) is 10.8 Å². The van der Waals surface area contributed by atoms with Gasteiger partial charge in [-0.1, -0.05) is 12.2 Å². The molecule has 0 bridgehead atoms. The molecule has 4 rings (SSSR count). The predicted molar refractivity (Wildman–Crippen MR) is 122 cm³/mol. The van der Waals surface area contributed by atoms with Crippen LogP contribution in [0.25, 0.3) is 0 Å². The maximum absolute atomic E-state index is 14.6. The lowest BCUT2D eigenvalue weighted by Gasteiger charge is -2.37. The lowest BCUT2D eigenvalue weighted by molar-refractivity contribution is -0.145. The van der Waals surface area contributed by atoms with E-state index in [2.05, 4.69) is 0 Å². The Hall–Kier alpha value is -2.55. The zero-order chi connectivity index (χ0) is 24.7. The van der Waals surface area contributed by atoms with Crippen molar-refractivity contribution >= 4 is 21.7 Å². The number of carboxylic acids is 1. The van der Waals surface area contributed by atoms with E-state index in [0.717, 1.165) is 12.1 Å². The molecule has 1 N–H and O–H groups in total. The van der Waals surface area contributed by atoms with E-state index in [1.54, 1.807) is 24.0 Å². The average Bonchev–Trinajstić information content (AvgIpc) is 3.28. The number of halogens is 2. The monoisotopic (exact) mass is 493 g/mol. The van der Waals surface area contributed by atoms with E-state index in [1.807, 2.05) is 0 Å². The molecule has 34 heavy (non-hydrogen) atoms. The van der Waals surface area contributed by atoms with Gasteiger partial charge in [0.25, 0.3) is 0 Å². The summed E-state index contributed by atoms with van der Waals surface area (Å²) < 4.78 is 54.5. The van der Waals surface area contributed by atoms with Gasteiger partial charge in [0.15, 0.2) is 9.84 Å². The molecular weight excluding hydrogens is 464 g/mol. The van der Waals surface area contributed by atoms with Crippen molar-refractivity contribution < 1.29 is 31.9 Å². The van der Waals surface area contributed by atoms with Crippen LogP contribution < -0.4 is 0 Å². The van der Waals surface area contributed by atoms with Gasteiger partial charge in [-0.15, -0.1) is 0 Å². The van der Waals surface area contributed by atoms with Crippen molar-refractivity contribution in [3.63, 3.8) is 0 Å². The molecule has 1 aliphatic heterocycles.